The molecule has 1 atom stereocenters. The molecule has 6 heteroatoms. The largest absolute Gasteiger partial charge is 0.389 e. The molecule has 104 valence electrons. The molecule has 1 heterocycles. The standard InChI is InChI=1S/C13H17BrN2O2S/c1-17-13(4-5-18-8-13)7-16-11-3-2-9(12(15)19)6-10(11)14/h2-3,6,16H,4-5,7-8H2,1H3,(H2,15,19). The van der Waals surface area contributed by atoms with Gasteiger partial charge >= 0.3 is 0 Å². The number of nitrogens with one attached hydrogen (secondary N) is 1. The molecule has 1 aromatic rings. The zero-order valence-corrected chi connectivity index (χ0v) is 13.1. The predicted octanol–water partition coefficient (Wildman–Crippen LogP) is 2.30. The first kappa shape index (κ1) is 14.7. The lowest BCUT2D eigenvalue weighted by Crippen LogP contribution is -2.39. The molecular weight excluding hydrogens is 328 g/mol. The smallest absolute Gasteiger partial charge is 0.110 e. The van der Waals surface area contributed by atoms with Crippen LogP contribution in [-0.2, 0) is 9.47 Å². The van der Waals surface area contributed by atoms with Gasteiger partial charge in [0.05, 0.1) is 6.61 Å². The molecule has 1 aromatic carbocycles. The molecule has 0 aromatic heterocycles. The van der Waals surface area contributed by atoms with E-state index in [9.17, 15) is 0 Å². The predicted molar refractivity (Wildman–Crippen MR) is 83.7 cm³/mol. The summed E-state index contributed by atoms with van der Waals surface area (Å²) in [5.74, 6) is 0. The lowest BCUT2D eigenvalue weighted by atomic mass is 10.0. The molecule has 0 bridgehead atoms. The third-order valence-electron chi connectivity index (χ3n) is 3.35. The van der Waals surface area contributed by atoms with E-state index in [0.717, 1.165) is 28.8 Å². The highest BCUT2D eigenvalue weighted by Gasteiger charge is 2.34. The van der Waals surface area contributed by atoms with Gasteiger partial charge in [0, 0.05) is 42.4 Å². The second-order valence-electron chi connectivity index (χ2n) is 4.60. The molecule has 1 aliphatic heterocycles. The Balaban J connectivity index is 2.05. The van der Waals surface area contributed by atoms with E-state index in [2.05, 4.69) is 21.2 Å². The fourth-order valence-electron chi connectivity index (χ4n) is 2.03. The van der Waals surface area contributed by atoms with Crippen LogP contribution in [0.1, 0.15) is 12.0 Å². The van der Waals surface area contributed by atoms with Gasteiger partial charge in [-0.25, -0.2) is 0 Å². The third-order valence-corrected chi connectivity index (χ3v) is 4.25. The lowest BCUT2D eigenvalue weighted by Gasteiger charge is -2.26. The number of ether oxygens (including phenoxy) is 2. The van der Waals surface area contributed by atoms with Crippen molar-refractivity contribution in [2.75, 3.05) is 32.2 Å². The van der Waals surface area contributed by atoms with Gasteiger partial charge in [-0.2, -0.15) is 0 Å². The Morgan fingerprint density at radius 3 is 2.95 bits per heavy atom. The van der Waals surface area contributed by atoms with Gasteiger partial charge in [0.15, 0.2) is 0 Å². The molecule has 1 aliphatic rings. The molecule has 1 unspecified atom stereocenters. The molecule has 4 nitrogen and oxygen atoms in total. The maximum absolute atomic E-state index is 5.60. The minimum Gasteiger partial charge on any atom is -0.389 e. The van der Waals surface area contributed by atoms with Gasteiger partial charge in [-0.3, -0.25) is 0 Å². The first-order chi connectivity index (χ1) is 9.06. The van der Waals surface area contributed by atoms with Crippen molar-refractivity contribution in [2.45, 2.75) is 12.0 Å². The number of nitrogens with two attached hydrogens (primary N) is 1. The monoisotopic (exact) mass is 344 g/mol. The van der Waals surface area contributed by atoms with Gasteiger partial charge < -0.3 is 20.5 Å². The van der Waals surface area contributed by atoms with Gasteiger partial charge in [-0.05, 0) is 34.1 Å². The molecule has 3 N–H and O–H groups in total. The number of thiocarbonyl (C=S) groups is 1. The lowest BCUT2D eigenvalue weighted by molar-refractivity contribution is -0.00620. The molecule has 1 fully saturated rings. The summed E-state index contributed by atoms with van der Waals surface area (Å²) in [6, 6.07) is 5.77. The van der Waals surface area contributed by atoms with E-state index in [4.69, 9.17) is 27.4 Å². The Kier molecular flexibility index (Phi) is 4.78. The summed E-state index contributed by atoms with van der Waals surface area (Å²) in [6.45, 7) is 2.07. The summed E-state index contributed by atoms with van der Waals surface area (Å²) in [7, 11) is 1.72. The van der Waals surface area contributed by atoms with Crippen LogP contribution in [0.3, 0.4) is 0 Å². The Labute approximate surface area is 126 Å². The van der Waals surface area contributed by atoms with Crippen LogP contribution in [0.4, 0.5) is 5.69 Å². The van der Waals surface area contributed by atoms with Crippen LogP contribution < -0.4 is 11.1 Å². The van der Waals surface area contributed by atoms with E-state index in [-0.39, 0.29) is 5.60 Å². The van der Waals surface area contributed by atoms with E-state index in [1.807, 2.05) is 18.2 Å². The van der Waals surface area contributed by atoms with Crippen molar-refractivity contribution >= 4 is 38.8 Å². The summed E-state index contributed by atoms with van der Waals surface area (Å²) in [5, 5.41) is 3.38. The van der Waals surface area contributed by atoms with Crippen molar-refractivity contribution in [1.82, 2.24) is 0 Å². The van der Waals surface area contributed by atoms with E-state index < -0.39 is 0 Å². The molecule has 0 aliphatic carbocycles. The molecule has 19 heavy (non-hydrogen) atoms. The highest BCUT2D eigenvalue weighted by molar-refractivity contribution is 9.10. The normalized spacial score (nSPS) is 22.4. The minimum atomic E-state index is -0.235. The average molecular weight is 345 g/mol. The van der Waals surface area contributed by atoms with E-state index in [1.165, 1.54) is 0 Å². The zero-order chi connectivity index (χ0) is 13.9. The third kappa shape index (κ3) is 3.45. The number of anilines is 1. The van der Waals surface area contributed by atoms with Crippen LogP contribution in [0.25, 0.3) is 0 Å². The van der Waals surface area contributed by atoms with Crippen molar-refractivity contribution in [2.24, 2.45) is 5.73 Å². The van der Waals surface area contributed by atoms with Crippen molar-refractivity contribution in [1.29, 1.82) is 0 Å². The molecule has 0 saturated carbocycles. The molecular formula is C13H17BrN2O2S. The maximum Gasteiger partial charge on any atom is 0.110 e. The Morgan fingerprint density at radius 2 is 2.42 bits per heavy atom. The van der Waals surface area contributed by atoms with Crippen LogP contribution in [-0.4, -0.2) is 37.5 Å². The number of benzene rings is 1. The number of hydrogen-bond donors (Lipinski definition) is 2. The van der Waals surface area contributed by atoms with Gasteiger partial charge in [-0.15, -0.1) is 0 Å². The fourth-order valence-corrected chi connectivity index (χ4v) is 2.68. The first-order valence-corrected chi connectivity index (χ1v) is 7.22. The number of hydrogen-bond acceptors (Lipinski definition) is 4. The van der Waals surface area contributed by atoms with Gasteiger partial charge in [0.2, 0.25) is 0 Å². The molecule has 0 amide bonds. The summed E-state index contributed by atoms with van der Waals surface area (Å²) in [5.41, 5.74) is 7.20. The second-order valence-corrected chi connectivity index (χ2v) is 5.90. The quantitative estimate of drug-likeness (QED) is 0.802. The fraction of sp³-hybridized carbons (Fsp3) is 0.462. The van der Waals surface area contributed by atoms with Crippen LogP contribution in [0.5, 0.6) is 0 Å². The van der Waals surface area contributed by atoms with Gasteiger partial charge in [-0.1, -0.05) is 12.2 Å². The van der Waals surface area contributed by atoms with Gasteiger partial charge in [0.1, 0.15) is 10.6 Å². The van der Waals surface area contributed by atoms with Crippen molar-refractivity contribution < 1.29 is 9.47 Å². The topological polar surface area (TPSA) is 56.5 Å². The highest BCUT2D eigenvalue weighted by atomic mass is 79.9. The van der Waals surface area contributed by atoms with Crippen LogP contribution in [0.2, 0.25) is 0 Å². The SMILES string of the molecule is COC1(CNc2ccc(C(N)=S)cc2Br)CCOC1. The van der Waals surface area contributed by atoms with Crippen molar-refractivity contribution in [3.05, 3.63) is 28.2 Å². The molecule has 2 rings (SSSR count). The number of halogens is 1. The van der Waals surface area contributed by atoms with E-state index >= 15 is 0 Å². The van der Waals surface area contributed by atoms with Gasteiger partial charge in [0.25, 0.3) is 0 Å². The first-order valence-electron chi connectivity index (χ1n) is 6.02. The molecule has 0 spiro atoms. The van der Waals surface area contributed by atoms with Crippen molar-refractivity contribution in [3.63, 3.8) is 0 Å². The summed E-state index contributed by atoms with van der Waals surface area (Å²) in [4.78, 5) is 0.393. The Morgan fingerprint density at radius 1 is 1.63 bits per heavy atom. The summed E-state index contributed by atoms with van der Waals surface area (Å²) in [6.07, 6.45) is 0.902. The van der Waals surface area contributed by atoms with Crippen LogP contribution in [0, 0.1) is 0 Å². The van der Waals surface area contributed by atoms with Crippen LogP contribution in [0.15, 0.2) is 22.7 Å². The zero-order valence-electron chi connectivity index (χ0n) is 10.7. The highest BCUT2D eigenvalue weighted by Crippen LogP contribution is 2.27. The maximum atomic E-state index is 5.60. The van der Waals surface area contributed by atoms with Crippen LogP contribution >= 0.6 is 28.1 Å². The average Bonchev–Trinajstić information content (AvgIpc) is 2.86. The molecule has 0 radical (unpaired) electrons. The molecule has 1 saturated heterocycles. The summed E-state index contributed by atoms with van der Waals surface area (Å²) < 4.78 is 11.9. The summed E-state index contributed by atoms with van der Waals surface area (Å²) >= 11 is 8.47. The minimum absolute atomic E-state index is 0.235. The second kappa shape index (κ2) is 6.17. The van der Waals surface area contributed by atoms with E-state index in [0.29, 0.717) is 18.1 Å². The van der Waals surface area contributed by atoms with Crippen molar-refractivity contribution in [3.8, 4) is 0 Å². The number of methoxy groups -OCH3 is 1. The van der Waals surface area contributed by atoms with E-state index in [1.54, 1.807) is 7.11 Å². The Hall–Kier alpha value is -0.690. The number of rotatable bonds is 5. The Bertz CT molecular complexity index is 476.